The van der Waals surface area contributed by atoms with Crippen LogP contribution in [0.25, 0.3) is 10.9 Å². The molecule has 4 atom stereocenters. The average molecular weight is 624 g/mol. The van der Waals surface area contributed by atoms with Crippen LogP contribution in [0.5, 0.6) is 0 Å². The van der Waals surface area contributed by atoms with E-state index in [0.717, 1.165) is 27.6 Å². The largest absolute Gasteiger partial charge is 0.460 e. The number of ether oxygens (including phenoxy) is 1. The molecule has 238 valence electrons. The maximum Gasteiger partial charge on any atom is 0.307 e. The molecular weight excluding hydrogens is 586 g/mol. The number of amides is 4. The molecule has 2 heterocycles. The van der Waals surface area contributed by atoms with Crippen LogP contribution in [0.2, 0.25) is 0 Å². The van der Waals surface area contributed by atoms with Crippen LogP contribution in [-0.2, 0) is 48.0 Å². The lowest BCUT2D eigenvalue weighted by Gasteiger charge is -2.28. The fraction of sp³-hybridized carbons (Fsp3) is 0.286. The molecule has 1 aliphatic rings. The number of cyclic esters (lactones) is 1. The van der Waals surface area contributed by atoms with Crippen LogP contribution in [0.3, 0.4) is 0 Å². The summed E-state index contributed by atoms with van der Waals surface area (Å²) in [6.07, 6.45) is 0.820. The summed E-state index contributed by atoms with van der Waals surface area (Å²) in [6.45, 7) is 1.45. The standard InChI is InChI=1S/C35H37N5O6/c1-22-32(40-30(41)19-24-12-6-3-7-13-24)35(45)39-28(18-23-10-4-2-5-11-23)34(44)38-29(33(43)36-17-16-31(42)46-22)20-25-21-37-27-15-9-8-14-26(25)27/h2-15,21-22,28-29,32,37H,16-20H2,1H3,(H,36,43)(H,38,44)(H,39,45)(H,40,41)/t22-,28+,29?,32+/m1/s1. The lowest BCUT2D eigenvalue weighted by atomic mass is 10.0. The molecule has 11 nitrogen and oxygen atoms in total. The minimum Gasteiger partial charge on any atom is -0.460 e. The quantitative estimate of drug-likeness (QED) is 0.199. The van der Waals surface area contributed by atoms with Crippen LogP contribution in [0.15, 0.2) is 91.1 Å². The van der Waals surface area contributed by atoms with Crippen LogP contribution >= 0.6 is 0 Å². The number of H-pyrrole nitrogens is 1. The van der Waals surface area contributed by atoms with Crippen molar-refractivity contribution in [1.82, 2.24) is 26.3 Å². The summed E-state index contributed by atoms with van der Waals surface area (Å²) in [5.41, 5.74) is 3.21. The SMILES string of the molecule is C[C@H]1OC(=O)CCNC(=O)C(Cc2c[nH]c3ccccc23)NC(=O)[C@H](Cc2ccccc2)NC(=O)[C@H]1NC(=O)Cc1ccccc1. The Hall–Kier alpha value is -5.45. The molecule has 46 heavy (non-hydrogen) atoms. The Morgan fingerprint density at radius 2 is 1.41 bits per heavy atom. The maximum absolute atomic E-state index is 13.9. The van der Waals surface area contributed by atoms with Crippen molar-refractivity contribution in [2.24, 2.45) is 0 Å². The van der Waals surface area contributed by atoms with Gasteiger partial charge in [0, 0.05) is 36.5 Å². The van der Waals surface area contributed by atoms with Crippen molar-refractivity contribution in [2.75, 3.05) is 6.54 Å². The number of para-hydroxylation sites is 1. The maximum atomic E-state index is 13.9. The molecule has 5 N–H and O–H groups in total. The highest BCUT2D eigenvalue weighted by Crippen LogP contribution is 2.19. The number of aromatic nitrogens is 1. The van der Waals surface area contributed by atoms with Gasteiger partial charge in [-0.2, -0.15) is 0 Å². The summed E-state index contributed by atoms with van der Waals surface area (Å²) in [5, 5.41) is 11.9. The summed E-state index contributed by atoms with van der Waals surface area (Å²) in [6, 6.07) is 22.3. The Morgan fingerprint density at radius 3 is 2.15 bits per heavy atom. The van der Waals surface area contributed by atoms with E-state index in [-0.39, 0.29) is 32.2 Å². The second-order valence-electron chi connectivity index (χ2n) is 11.3. The predicted molar refractivity (Wildman–Crippen MR) is 171 cm³/mol. The third kappa shape index (κ3) is 8.38. The van der Waals surface area contributed by atoms with E-state index in [4.69, 9.17) is 4.74 Å². The minimum absolute atomic E-state index is 0.000759. The molecule has 0 bridgehead atoms. The molecule has 1 saturated heterocycles. The molecule has 1 aliphatic heterocycles. The van der Waals surface area contributed by atoms with E-state index in [1.807, 2.05) is 60.7 Å². The van der Waals surface area contributed by atoms with Gasteiger partial charge < -0.3 is 31.0 Å². The molecule has 4 aromatic rings. The first-order chi connectivity index (χ1) is 22.3. The van der Waals surface area contributed by atoms with Gasteiger partial charge in [0.25, 0.3) is 0 Å². The van der Waals surface area contributed by atoms with E-state index in [2.05, 4.69) is 26.3 Å². The van der Waals surface area contributed by atoms with Gasteiger partial charge in [0.2, 0.25) is 23.6 Å². The Bertz CT molecular complexity index is 1690. The van der Waals surface area contributed by atoms with Gasteiger partial charge >= 0.3 is 5.97 Å². The summed E-state index contributed by atoms with van der Waals surface area (Å²) in [4.78, 5) is 70.1. The van der Waals surface area contributed by atoms with Gasteiger partial charge in [-0.15, -0.1) is 0 Å². The Balaban J connectivity index is 1.42. The number of nitrogens with one attached hydrogen (secondary N) is 5. The number of aromatic amines is 1. The monoisotopic (exact) mass is 623 g/mol. The minimum atomic E-state index is -1.29. The van der Waals surface area contributed by atoms with Crippen LogP contribution in [0.1, 0.15) is 30.0 Å². The third-order valence-corrected chi connectivity index (χ3v) is 7.87. The number of hydrogen-bond acceptors (Lipinski definition) is 6. The lowest BCUT2D eigenvalue weighted by molar-refractivity contribution is -0.152. The smallest absolute Gasteiger partial charge is 0.307 e. The van der Waals surface area contributed by atoms with E-state index in [1.54, 1.807) is 30.5 Å². The summed E-state index contributed by atoms with van der Waals surface area (Å²) in [5.74, 6) is -2.86. The number of esters is 1. The molecule has 4 amide bonds. The molecule has 0 saturated carbocycles. The van der Waals surface area contributed by atoms with Crippen molar-refractivity contribution in [3.05, 3.63) is 108 Å². The number of hydrogen-bond donors (Lipinski definition) is 5. The van der Waals surface area contributed by atoms with E-state index in [0.29, 0.717) is 0 Å². The molecule has 0 spiro atoms. The molecule has 1 unspecified atom stereocenters. The second kappa shape index (κ2) is 15.0. The molecule has 0 radical (unpaired) electrons. The number of carbonyl (C=O) groups excluding carboxylic acids is 5. The van der Waals surface area contributed by atoms with Gasteiger partial charge in [-0.25, -0.2) is 0 Å². The van der Waals surface area contributed by atoms with Crippen LogP contribution in [0.4, 0.5) is 0 Å². The summed E-state index contributed by atoms with van der Waals surface area (Å²) in [7, 11) is 0. The predicted octanol–water partition coefficient (Wildman–Crippen LogP) is 2.10. The molecule has 1 aromatic heterocycles. The van der Waals surface area contributed by atoms with Crippen LogP contribution in [-0.4, -0.2) is 65.4 Å². The lowest BCUT2D eigenvalue weighted by Crippen LogP contribution is -2.60. The highest BCUT2D eigenvalue weighted by atomic mass is 16.5. The zero-order valence-electron chi connectivity index (χ0n) is 25.5. The topological polar surface area (TPSA) is 158 Å². The van der Waals surface area contributed by atoms with Crippen molar-refractivity contribution in [3.8, 4) is 0 Å². The van der Waals surface area contributed by atoms with Crippen molar-refractivity contribution in [2.45, 2.75) is 56.8 Å². The number of rotatable bonds is 7. The van der Waals surface area contributed by atoms with E-state index >= 15 is 0 Å². The van der Waals surface area contributed by atoms with E-state index < -0.39 is 53.8 Å². The Morgan fingerprint density at radius 1 is 0.783 bits per heavy atom. The zero-order valence-corrected chi connectivity index (χ0v) is 25.5. The molecular formula is C35H37N5O6. The average Bonchev–Trinajstić information content (AvgIpc) is 3.46. The van der Waals surface area contributed by atoms with Gasteiger partial charge in [-0.3, -0.25) is 24.0 Å². The van der Waals surface area contributed by atoms with Gasteiger partial charge in [0.05, 0.1) is 12.8 Å². The first-order valence-electron chi connectivity index (χ1n) is 15.3. The molecule has 11 heteroatoms. The van der Waals surface area contributed by atoms with E-state index in [9.17, 15) is 24.0 Å². The van der Waals surface area contributed by atoms with Gasteiger partial charge in [-0.1, -0.05) is 78.9 Å². The molecule has 0 aliphatic carbocycles. The third-order valence-electron chi connectivity index (χ3n) is 7.87. The fourth-order valence-corrected chi connectivity index (χ4v) is 5.47. The fourth-order valence-electron chi connectivity index (χ4n) is 5.47. The van der Waals surface area contributed by atoms with Crippen molar-refractivity contribution in [3.63, 3.8) is 0 Å². The summed E-state index contributed by atoms with van der Waals surface area (Å²) >= 11 is 0. The van der Waals surface area contributed by atoms with Crippen LogP contribution < -0.4 is 21.3 Å². The second-order valence-corrected chi connectivity index (χ2v) is 11.3. The van der Waals surface area contributed by atoms with Crippen molar-refractivity contribution < 1.29 is 28.7 Å². The van der Waals surface area contributed by atoms with Gasteiger partial charge in [0.15, 0.2) is 0 Å². The highest BCUT2D eigenvalue weighted by Gasteiger charge is 2.34. The number of carbonyl (C=O) groups is 5. The molecule has 5 rings (SSSR count). The molecule has 3 aromatic carbocycles. The van der Waals surface area contributed by atoms with Crippen molar-refractivity contribution >= 4 is 40.5 Å². The van der Waals surface area contributed by atoms with Gasteiger partial charge in [-0.05, 0) is 29.7 Å². The Labute approximate surface area is 266 Å². The first-order valence-corrected chi connectivity index (χ1v) is 15.3. The highest BCUT2D eigenvalue weighted by molar-refractivity contribution is 5.95. The van der Waals surface area contributed by atoms with Crippen molar-refractivity contribution in [1.29, 1.82) is 0 Å². The van der Waals surface area contributed by atoms with Crippen LogP contribution in [0, 0.1) is 0 Å². The number of fused-ring (bicyclic) bond motifs is 1. The zero-order chi connectivity index (χ0) is 32.5. The van der Waals surface area contributed by atoms with E-state index in [1.165, 1.54) is 6.92 Å². The van der Waals surface area contributed by atoms with Gasteiger partial charge in [0.1, 0.15) is 24.2 Å². The molecule has 1 fully saturated rings. The normalized spacial score (nSPS) is 21.3. The first kappa shape index (κ1) is 32.0. The number of benzene rings is 3. The Kier molecular flexibility index (Phi) is 10.4. The summed E-state index contributed by atoms with van der Waals surface area (Å²) < 4.78 is 5.53.